The highest BCUT2D eigenvalue weighted by molar-refractivity contribution is 7.92. The second kappa shape index (κ2) is 9.25. The molecule has 1 saturated carbocycles. The lowest BCUT2D eigenvalue weighted by atomic mass is 10.2. The third-order valence-electron chi connectivity index (χ3n) is 4.87. The van der Waals surface area contributed by atoms with Crippen LogP contribution in [0.15, 0.2) is 53.4 Å². The molecule has 30 heavy (non-hydrogen) atoms. The predicted octanol–water partition coefficient (Wildman–Crippen LogP) is 3.23. The van der Waals surface area contributed by atoms with Crippen LogP contribution in [-0.2, 0) is 19.6 Å². The fourth-order valence-electron chi connectivity index (χ4n) is 3.19. The van der Waals surface area contributed by atoms with Gasteiger partial charge in [0.1, 0.15) is 5.82 Å². The Morgan fingerprint density at radius 2 is 1.70 bits per heavy atom. The number of nitrogens with one attached hydrogen (secondary N) is 2. The van der Waals surface area contributed by atoms with Gasteiger partial charge in [-0.3, -0.25) is 9.52 Å². The second-order valence-corrected chi connectivity index (χ2v) is 8.83. The maximum absolute atomic E-state index is 13.7. The highest BCUT2D eigenvalue weighted by atomic mass is 32.2. The molecule has 2 aromatic rings. The maximum Gasteiger partial charge on any atom is 0.338 e. The molecule has 9 heteroatoms. The minimum absolute atomic E-state index is 0.0976. The molecule has 2 aromatic carbocycles. The first-order chi connectivity index (χ1) is 14.3. The molecule has 1 aliphatic rings. The summed E-state index contributed by atoms with van der Waals surface area (Å²) in [6.45, 7) is 1.49. The molecule has 1 amide bonds. The summed E-state index contributed by atoms with van der Waals surface area (Å²) in [5, 5.41) is 2.86. The molecule has 1 aliphatic carbocycles. The molecule has 1 atom stereocenters. The van der Waals surface area contributed by atoms with E-state index in [1.807, 2.05) is 0 Å². The number of halogens is 1. The number of esters is 1. The number of carbonyl (C=O) groups is 2. The van der Waals surface area contributed by atoms with Crippen molar-refractivity contribution in [3.63, 3.8) is 0 Å². The van der Waals surface area contributed by atoms with Crippen molar-refractivity contribution in [3.05, 3.63) is 59.9 Å². The molecule has 0 bridgehead atoms. The second-order valence-electron chi connectivity index (χ2n) is 7.15. The van der Waals surface area contributed by atoms with Gasteiger partial charge in [-0.1, -0.05) is 25.0 Å². The number of carbonyl (C=O) groups excluding carboxylic acids is 2. The van der Waals surface area contributed by atoms with Crippen molar-refractivity contribution < 1.29 is 27.1 Å². The largest absolute Gasteiger partial charge is 0.449 e. The van der Waals surface area contributed by atoms with Crippen LogP contribution >= 0.6 is 0 Å². The van der Waals surface area contributed by atoms with Crippen molar-refractivity contribution in [3.8, 4) is 0 Å². The smallest absolute Gasteiger partial charge is 0.338 e. The SMILES string of the molecule is C[C@H](OC(=O)c1ccc(S(=O)(=O)Nc2ccccc2F)cc1)C(=O)NC1CCCC1. The van der Waals surface area contributed by atoms with E-state index in [1.165, 1.54) is 49.4 Å². The van der Waals surface area contributed by atoms with Gasteiger partial charge in [-0.2, -0.15) is 0 Å². The van der Waals surface area contributed by atoms with Crippen LogP contribution in [0.5, 0.6) is 0 Å². The van der Waals surface area contributed by atoms with Gasteiger partial charge in [-0.25, -0.2) is 17.6 Å². The van der Waals surface area contributed by atoms with Crippen LogP contribution in [0.25, 0.3) is 0 Å². The number of anilines is 1. The Balaban J connectivity index is 1.62. The average Bonchev–Trinajstić information content (AvgIpc) is 3.22. The monoisotopic (exact) mass is 434 g/mol. The number of amides is 1. The third kappa shape index (κ3) is 5.35. The summed E-state index contributed by atoms with van der Waals surface area (Å²) in [5.74, 6) is -1.80. The lowest BCUT2D eigenvalue weighted by molar-refractivity contribution is -0.129. The number of para-hydroxylation sites is 1. The molecule has 160 valence electrons. The molecule has 0 unspecified atom stereocenters. The van der Waals surface area contributed by atoms with Gasteiger partial charge < -0.3 is 10.1 Å². The molecule has 0 aromatic heterocycles. The zero-order valence-electron chi connectivity index (χ0n) is 16.4. The van der Waals surface area contributed by atoms with Crippen molar-refractivity contribution in [2.75, 3.05) is 4.72 Å². The molecule has 1 fully saturated rings. The van der Waals surface area contributed by atoms with E-state index in [9.17, 15) is 22.4 Å². The van der Waals surface area contributed by atoms with Crippen LogP contribution in [0.2, 0.25) is 0 Å². The van der Waals surface area contributed by atoms with Gasteiger partial charge in [-0.05, 0) is 56.2 Å². The molecule has 0 radical (unpaired) electrons. The van der Waals surface area contributed by atoms with E-state index in [0.717, 1.165) is 31.7 Å². The lowest BCUT2D eigenvalue weighted by Crippen LogP contribution is -2.40. The third-order valence-corrected chi connectivity index (χ3v) is 6.25. The quantitative estimate of drug-likeness (QED) is 0.652. The number of rotatable bonds is 7. The minimum atomic E-state index is -4.03. The van der Waals surface area contributed by atoms with Crippen molar-refractivity contribution in [2.45, 2.75) is 49.6 Å². The molecule has 0 saturated heterocycles. The van der Waals surface area contributed by atoms with E-state index in [2.05, 4.69) is 10.0 Å². The van der Waals surface area contributed by atoms with E-state index in [-0.39, 0.29) is 28.1 Å². The number of benzene rings is 2. The Morgan fingerprint density at radius 3 is 2.33 bits per heavy atom. The minimum Gasteiger partial charge on any atom is -0.449 e. The Hall–Kier alpha value is -2.94. The lowest BCUT2D eigenvalue weighted by Gasteiger charge is -2.17. The first-order valence-electron chi connectivity index (χ1n) is 9.65. The van der Waals surface area contributed by atoms with Crippen molar-refractivity contribution in [1.82, 2.24) is 5.32 Å². The van der Waals surface area contributed by atoms with Gasteiger partial charge in [-0.15, -0.1) is 0 Å². The molecule has 3 rings (SSSR count). The summed E-state index contributed by atoms with van der Waals surface area (Å²) in [6, 6.07) is 10.5. The Bertz CT molecular complexity index is 1020. The Morgan fingerprint density at radius 1 is 1.07 bits per heavy atom. The molecular formula is C21H23FN2O5S. The Kier molecular flexibility index (Phi) is 6.71. The van der Waals surface area contributed by atoms with Crippen LogP contribution in [0, 0.1) is 5.82 Å². The van der Waals surface area contributed by atoms with Crippen LogP contribution in [0.4, 0.5) is 10.1 Å². The van der Waals surface area contributed by atoms with Gasteiger partial charge in [0.2, 0.25) is 0 Å². The first kappa shape index (κ1) is 21.8. The zero-order valence-corrected chi connectivity index (χ0v) is 17.2. The van der Waals surface area contributed by atoms with Crippen LogP contribution in [0.1, 0.15) is 43.0 Å². The van der Waals surface area contributed by atoms with Gasteiger partial charge in [0.15, 0.2) is 6.10 Å². The van der Waals surface area contributed by atoms with E-state index in [0.29, 0.717) is 0 Å². The summed E-state index contributed by atoms with van der Waals surface area (Å²) < 4.78 is 45.9. The molecule has 0 spiro atoms. The number of ether oxygens (including phenoxy) is 1. The highest BCUT2D eigenvalue weighted by Crippen LogP contribution is 2.20. The molecule has 2 N–H and O–H groups in total. The first-order valence-corrected chi connectivity index (χ1v) is 11.1. The van der Waals surface area contributed by atoms with E-state index in [4.69, 9.17) is 4.74 Å². The molecule has 0 heterocycles. The molecule has 7 nitrogen and oxygen atoms in total. The topological polar surface area (TPSA) is 102 Å². The average molecular weight is 434 g/mol. The van der Waals surface area contributed by atoms with E-state index >= 15 is 0 Å². The summed E-state index contributed by atoms with van der Waals surface area (Å²) in [7, 11) is -4.03. The van der Waals surface area contributed by atoms with Gasteiger partial charge in [0.05, 0.1) is 16.1 Å². The molecular weight excluding hydrogens is 411 g/mol. The fraction of sp³-hybridized carbons (Fsp3) is 0.333. The van der Waals surface area contributed by atoms with Crippen molar-refractivity contribution >= 4 is 27.6 Å². The van der Waals surface area contributed by atoms with Gasteiger partial charge >= 0.3 is 5.97 Å². The zero-order chi connectivity index (χ0) is 21.7. The summed E-state index contributed by atoms with van der Waals surface area (Å²) in [6.07, 6.45) is 3.01. The van der Waals surface area contributed by atoms with Crippen molar-refractivity contribution in [1.29, 1.82) is 0 Å². The van der Waals surface area contributed by atoms with Crippen LogP contribution in [-0.4, -0.2) is 32.4 Å². The number of sulfonamides is 1. The van der Waals surface area contributed by atoms with E-state index < -0.39 is 27.9 Å². The number of hydrogen-bond donors (Lipinski definition) is 2. The van der Waals surface area contributed by atoms with Crippen LogP contribution < -0.4 is 10.0 Å². The van der Waals surface area contributed by atoms with Crippen molar-refractivity contribution in [2.24, 2.45) is 0 Å². The van der Waals surface area contributed by atoms with Gasteiger partial charge in [0, 0.05) is 6.04 Å². The summed E-state index contributed by atoms with van der Waals surface area (Å²) in [4.78, 5) is 24.3. The fourth-order valence-corrected chi connectivity index (χ4v) is 4.26. The standard InChI is InChI=1S/C21H23FN2O5S/c1-14(20(25)23-16-6-2-3-7-16)29-21(26)15-10-12-17(13-11-15)30(27,28)24-19-9-5-4-8-18(19)22/h4-5,8-14,16,24H,2-3,6-7H2,1H3,(H,23,25)/t14-/m0/s1. The van der Waals surface area contributed by atoms with Crippen LogP contribution in [0.3, 0.4) is 0 Å². The van der Waals surface area contributed by atoms with E-state index in [1.54, 1.807) is 0 Å². The normalized spacial score (nSPS) is 15.4. The highest BCUT2D eigenvalue weighted by Gasteiger charge is 2.24. The number of hydrogen-bond acceptors (Lipinski definition) is 5. The summed E-state index contributed by atoms with van der Waals surface area (Å²) in [5.41, 5.74) is -0.0801. The Labute approximate surface area is 174 Å². The summed E-state index contributed by atoms with van der Waals surface area (Å²) >= 11 is 0. The molecule has 0 aliphatic heterocycles. The van der Waals surface area contributed by atoms with Gasteiger partial charge in [0.25, 0.3) is 15.9 Å². The predicted molar refractivity (Wildman–Crippen MR) is 109 cm³/mol. The maximum atomic E-state index is 13.7.